The Balaban J connectivity index is 2.38. The number of nitrogens with zero attached hydrogens (tertiary/aromatic N) is 2. The van der Waals surface area contributed by atoms with Gasteiger partial charge in [-0.3, -0.25) is 4.79 Å². The minimum absolute atomic E-state index is 0.163. The molecule has 0 aliphatic carbocycles. The first-order valence-electron chi connectivity index (χ1n) is 4.29. The van der Waals surface area contributed by atoms with Crippen LogP contribution in [0.2, 0.25) is 0 Å². The minimum atomic E-state index is -0.163. The molecule has 0 aliphatic heterocycles. The molecule has 0 amide bonds. The fourth-order valence-electron chi connectivity index (χ4n) is 1.26. The molecule has 2 aromatic rings. The van der Waals surface area contributed by atoms with Crippen LogP contribution in [-0.2, 0) is 0 Å². The zero-order valence-corrected chi connectivity index (χ0v) is 8.02. The molecule has 4 nitrogen and oxygen atoms in total. The van der Waals surface area contributed by atoms with Gasteiger partial charge in [-0.15, -0.1) is 0 Å². The third-order valence-corrected chi connectivity index (χ3v) is 2.02. The fraction of sp³-hybridized carbons (Fsp3) is 0.200. The van der Waals surface area contributed by atoms with Gasteiger partial charge in [0.15, 0.2) is 0 Å². The van der Waals surface area contributed by atoms with Crippen LogP contribution in [0.1, 0.15) is 21.8 Å². The Hall–Kier alpha value is -1.84. The fourth-order valence-corrected chi connectivity index (χ4v) is 1.26. The van der Waals surface area contributed by atoms with Crippen molar-refractivity contribution in [3.63, 3.8) is 0 Å². The highest BCUT2D eigenvalue weighted by atomic mass is 16.3. The van der Waals surface area contributed by atoms with Crippen LogP contribution >= 0.6 is 0 Å². The molecule has 2 rings (SSSR count). The summed E-state index contributed by atoms with van der Waals surface area (Å²) in [6.07, 6.45) is 3.14. The van der Waals surface area contributed by atoms with E-state index in [-0.39, 0.29) is 5.91 Å². The molecular formula is C10H10N2O2. The summed E-state index contributed by atoms with van der Waals surface area (Å²) in [7, 11) is 0. The Morgan fingerprint density at radius 2 is 2.21 bits per heavy atom. The lowest BCUT2D eigenvalue weighted by molar-refractivity contribution is 0.0943. The van der Waals surface area contributed by atoms with Crippen molar-refractivity contribution in [2.75, 3.05) is 0 Å². The van der Waals surface area contributed by atoms with E-state index < -0.39 is 0 Å². The van der Waals surface area contributed by atoms with Gasteiger partial charge >= 0.3 is 0 Å². The van der Waals surface area contributed by atoms with E-state index in [0.717, 1.165) is 5.69 Å². The molecule has 0 bridgehead atoms. The normalized spacial score (nSPS) is 10.4. The van der Waals surface area contributed by atoms with E-state index in [1.165, 1.54) is 10.9 Å². The van der Waals surface area contributed by atoms with Gasteiger partial charge in [-0.25, -0.2) is 4.68 Å². The van der Waals surface area contributed by atoms with Crippen molar-refractivity contribution in [1.82, 2.24) is 9.78 Å². The van der Waals surface area contributed by atoms with Gasteiger partial charge in [0, 0.05) is 6.20 Å². The number of aryl methyl sites for hydroxylation is 2. The average molecular weight is 190 g/mol. The van der Waals surface area contributed by atoms with Crippen molar-refractivity contribution in [3.05, 3.63) is 41.6 Å². The molecular weight excluding hydrogens is 180 g/mol. The Morgan fingerprint density at radius 3 is 2.71 bits per heavy atom. The van der Waals surface area contributed by atoms with E-state index in [9.17, 15) is 4.79 Å². The summed E-state index contributed by atoms with van der Waals surface area (Å²) in [6, 6.07) is 3.43. The van der Waals surface area contributed by atoms with Gasteiger partial charge in [-0.05, 0) is 26.0 Å². The quantitative estimate of drug-likeness (QED) is 0.688. The van der Waals surface area contributed by atoms with E-state index in [1.54, 1.807) is 25.3 Å². The number of aromatic nitrogens is 2. The van der Waals surface area contributed by atoms with Crippen molar-refractivity contribution in [3.8, 4) is 0 Å². The highest BCUT2D eigenvalue weighted by Gasteiger charge is 2.13. The van der Waals surface area contributed by atoms with Gasteiger partial charge in [-0.2, -0.15) is 5.10 Å². The molecule has 0 radical (unpaired) electrons. The summed E-state index contributed by atoms with van der Waals surface area (Å²) in [5.74, 6) is 0.451. The number of hydrogen-bond acceptors (Lipinski definition) is 3. The lowest BCUT2D eigenvalue weighted by Crippen LogP contribution is -2.12. The molecule has 72 valence electrons. The van der Waals surface area contributed by atoms with E-state index >= 15 is 0 Å². The third-order valence-electron chi connectivity index (χ3n) is 2.02. The Morgan fingerprint density at radius 1 is 1.43 bits per heavy atom. The molecule has 0 N–H and O–H groups in total. The van der Waals surface area contributed by atoms with Crippen LogP contribution in [0, 0.1) is 13.8 Å². The first kappa shape index (κ1) is 8.74. The number of carbonyl (C=O) groups is 1. The van der Waals surface area contributed by atoms with E-state index in [2.05, 4.69) is 5.10 Å². The van der Waals surface area contributed by atoms with Crippen molar-refractivity contribution < 1.29 is 9.21 Å². The molecule has 0 spiro atoms. The van der Waals surface area contributed by atoms with Crippen molar-refractivity contribution in [1.29, 1.82) is 0 Å². The van der Waals surface area contributed by atoms with Crippen LogP contribution in [-0.4, -0.2) is 15.7 Å². The SMILES string of the molecule is Cc1ccn(C(=O)c2ccoc2C)n1. The Labute approximate surface area is 81.1 Å². The van der Waals surface area contributed by atoms with Gasteiger partial charge in [0.2, 0.25) is 0 Å². The van der Waals surface area contributed by atoms with Crippen LogP contribution in [0.15, 0.2) is 29.0 Å². The Bertz CT molecular complexity index is 468. The monoisotopic (exact) mass is 190 g/mol. The maximum absolute atomic E-state index is 11.8. The van der Waals surface area contributed by atoms with Crippen molar-refractivity contribution in [2.24, 2.45) is 0 Å². The molecule has 0 aromatic carbocycles. The first-order valence-corrected chi connectivity index (χ1v) is 4.29. The molecule has 0 aliphatic rings. The van der Waals surface area contributed by atoms with E-state index in [4.69, 9.17) is 4.42 Å². The number of carbonyl (C=O) groups excluding carboxylic acids is 1. The van der Waals surface area contributed by atoms with Crippen LogP contribution in [0.5, 0.6) is 0 Å². The third kappa shape index (κ3) is 1.35. The summed E-state index contributed by atoms with van der Waals surface area (Å²) in [4.78, 5) is 11.8. The summed E-state index contributed by atoms with van der Waals surface area (Å²) in [5, 5.41) is 4.03. The molecule has 14 heavy (non-hydrogen) atoms. The second-order valence-corrected chi connectivity index (χ2v) is 3.10. The number of rotatable bonds is 1. The maximum Gasteiger partial charge on any atom is 0.281 e. The molecule has 0 saturated carbocycles. The summed E-state index contributed by atoms with van der Waals surface area (Å²) in [5.41, 5.74) is 1.37. The standard InChI is InChI=1S/C10H10N2O2/c1-7-3-5-12(11-7)10(13)9-4-6-14-8(9)2/h3-6H,1-2H3. The van der Waals surface area contributed by atoms with Gasteiger partial charge in [0.05, 0.1) is 17.5 Å². The molecule has 0 saturated heterocycles. The van der Waals surface area contributed by atoms with Crippen LogP contribution in [0.25, 0.3) is 0 Å². The topological polar surface area (TPSA) is 48.0 Å². The van der Waals surface area contributed by atoms with Crippen molar-refractivity contribution in [2.45, 2.75) is 13.8 Å². The number of hydrogen-bond donors (Lipinski definition) is 0. The van der Waals surface area contributed by atoms with E-state index in [0.29, 0.717) is 11.3 Å². The lowest BCUT2D eigenvalue weighted by Gasteiger charge is -1.97. The Kier molecular flexibility index (Phi) is 1.96. The molecule has 4 heteroatoms. The zero-order chi connectivity index (χ0) is 10.1. The van der Waals surface area contributed by atoms with E-state index in [1.807, 2.05) is 6.92 Å². The van der Waals surface area contributed by atoms with Crippen molar-refractivity contribution >= 4 is 5.91 Å². The largest absolute Gasteiger partial charge is 0.469 e. The van der Waals surface area contributed by atoms with Gasteiger partial charge < -0.3 is 4.42 Å². The molecule has 0 fully saturated rings. The zero-order valence-electron chi connectivity index (χ0n) is 8.02. The van der Waals surface area contributed by atoms with Crippen LogP contribution in [0.3, 0.4) is 0 Å². The van der Waals surface area contributed by atoms with Crippen LogP contribution in [0.4, 0.5) is 0 Å². The van der Waals surface area contributed by atoms with Crippen LogP contribution < -0.4 is 0 Å². The summed E-state index contributed by atoms with van der Waals surface area (Å²) >= 11 is 0. The van der Waals surface area contributed by atoms with Gasteiger partial charge in [0.25, 0.3) is 5.91 Å². The highest BCUT2D eigenvalue weighted by Crippen LogP contribution is 2.10. The smallest absolute Gasteiger partial charge is 0.281 e. The number of furan rings is 1. The van der Waals surface area contributed by atoms with Gasteiger partial charge in [-0.1, -0.05) is 0 Å². The highest BCUT2D eigenvalue weighted by molar-refractivity contribution is 5.96. The maximum atomic E-state index is 11.8. The predicted octanol–water partition coefficient (Wildman–Crippen LogP) is 1.78. The van der Waals surface area contributed by atoms with Gasteiger partial charge in [0.1, 0.15) is 5.76 Å². The minimum Gasteiger partial charge on any atom is -0.469 e. The second-order valence-electron chi connectivity index (χ2n) is 3.10. The molecule has 2 aromatic heterocycles. The lowest BCUT2D eigenvalue weighted by atomic mass is 10.2. The summed E-state index contributed by atoms with van der Waals surface area (Å²) < 4.78 is 6.36. The molecule has 0 unspecified atom stereocenters. The first-order chi connectivity index (χ1) is 6.68. The molecule has 2 heterocycles. The average Bonchev–Trinajstić information content (AvgIpc) is 2.73. The second kappa shape index (κ2) is 3.14. The molecule has 0 atom stereocenters. The summed E-state index contributed by atoms with van der Waals surface area (Å²) in [6.45, 7) is 3.59. The predicted molar refractivity (Wildman–Crippen MR) is 50.1 cm³/mol.